The lowest BCUT2D eigenvalue weighted by atomic mass is 10.0. The molecule has 34 heavy (non-hydrogen) atoms. The number of pyridine rings is 1. The van der Waals surface area contributed by atoms with Crippen molar-refractivity contribution < 1.29 is 13.6 Å². The molecule has 0 fully saturated rings. The first-order chi connectivity index (χ1) is 16.5. The third-order valence-corrected chi connectivity index (χ3v) is 7.01. The molecule has 3 aromatic heterocycles. The number of carbonyl (C=O) groups is 1. The van der Waals surface area contributed by atoms with Gasteiger partial charge in [-0.1, -0.05) is 24.3 Å². The molecule has 0 bridgehead atoms. The number of aromatic amines is 1. The number of nitrogens with one attached hydrogen (secondary N) is 1. The first-order valence-corrected chi connectivity index (χ1v) is 11.7. The lowest BCUT2D eigenvalue weighted by molar-refractivity contribution is -0.130. The molecule has 0 spiro atoms. The zero-order valence-corrected chi connectivity index (χ0v) is 18.9. The summed E-state index contributed by atoms with van der Waals surface area (Å²) in [5, 5.41) is 9.92. The van der Waals surface area contributed by atoms with Crippen molar-refractivity contribution in [2.75, 3.05) is 0 Å². The van der Waals surface area contributed by atoms with Crippen LogP contribution in [0.4, 0.5) is 8.78 Å². The molecule has 1 atom stereocenters. The van der Waals surface area contributed by atoms with Crippen LogP contribution in [0.3, 0.4) is 0 Å². The quantitative estimate of drug-likeness (QED) is 0.329. The van der Waals surface area contributed by atoms with Crippen LogP contribution in [0.15, 0.2) is 71.1 Å². The van der Waals surface area contributed by atoms with Crippen molar-refractivity contribution >= 4 is 44.8 Å². The summed E-state index contributed by atoms with van der Waals surface area (Å²) in [5.41, 5.74) is 4.04. The van der Waals surface area contributed by atoms with Crippen LogP contribution in [0.2, 0.25) is 0 Å². The maximum atomic E-state index is 14.2. The van der Waals surface area contributed by atoms with Crippen molar-refractivity contribution in [2.24, 2.45) is 5.10 Å². The van der Waals surface area contributed by atoms with Crippen molar-refractivity contribution in [2.45, 2.75) is 19.4 Å². The summed E-state index contributed by atoms with van der Waals surface area (Å²) in [7, 11) is 0. The Morgan fingerprint density at radius 3 is 2.68 bits per heavy atom. The zero-order valence-electron chi connectivity index (χ0n) is 18.0. The number of rotatable bonds is 3. The average Bonchev–Trinajstić information content (AvgIpc) is 3.58. The summed E-state index contributed by atoms with van der Waals surface area (Å²) < 4.78 is 27.8. The van der Waals surface area contributed by atoms with Gasteiger partial charge in [-0.05, 0) is 41.8 Å². The van der Waals surface area contributed by atoms with E-state index in [9.17, 15) is 13.6 Å². The van der Waals surface area contributed by atoms with Gasteiger partial charge in [0.25, 0.3) is 0 Å². The Bertz CT molecular complexity index is 1610. The maximum absolute atomic E-state index is 14.2. The predicted octanol–water partition coefficient (Wildman–Crippen LogP) is 6.42. The second kappa shape index (κ2) is 7.85. The van der Waals surface area contributed by atoms with E-state index >= 15 is 0 Å². The standard InChI is InChI=1S/C26H18F2N4OS/c1-14(33)32-23(13-22(31-32)24-7-4-10-34-24)21-12-17-16-5-2-3-6-20(16)29-26(17)25(30-21)15-8-9-18(27)19(28)11-15/h2-12,23,29H,13H2,1H3. The summed E-state index contributed by atoms with van der Waals surface area (Å²) in [6.45, 7) is 1.48. The van der Waals surface area contributed by atoms with Gasteiger partial charge in [0.1, 0.15) is 6.04 Å². The van der Waals surface area contributed by atoms with Crippen LogP contribution in [0, 0.1) is 11.6 Å². The van der Waals surface area contributed by atoms with Crippen LogP contribution in [0.1, 0.15) is 30.0 Å². The fraction of sp³-hybridized carbons (Fsp3) is 0.115. The van der Waals surface area contributed by atoms with E-state index in [0.29, 0.717) is 23.4 Å². The third kappa shape index (κ3) is 3.30. The second-order valence-electron chi connectivity index (χ2n) is 8.23. The van der Waals surface area contributed by atoms with Gasteiger partial charge < -0.3 is 4.98 Å². The molecule has 5 aromatic rings. The summed E-state index contributed by atoms with van der Waals surface area (Å²) in [5.74, 6) is -2.05. The summed E-state index contributed by atoms with van der Waals surface area (Å²) in [6, 6.07) is 17.1. The SMILES string of the molecule is CC(=O)N1N=C(c2cccs2)CC1c1cc2c([nH]c3ccccc32)c(-c2ccc(F)c(F)c2)n1. The molecule has 1 amide bonds. The second-order valence-corrected chi connectivity index (χ2v) is 9.17. The Morgan fingerprint density at radius 2 is 1.91 bits per heavy atom. The van der Waals surface area contributed by atoms with Crippen LogP contribution in [-0.4, -0.2) is 26.6 Å². The third-order valence-electron chi connectivity index (χ3n) is 6.09. The van der Waals surface area contributed by atoms with Crippen LogP contribution >= 0.6 is 11.3 Å². The topological polar surface area (TPSA) is 61.4 Å². The van der Waals surface area contributed by atoms with E-state index in [1.54, 1.807) is 11.3 Å². The number of halogens is 2. The average molecular weight is 473 g/mol. The Kier molecular flexibility index (Phi) is 4.77. The molecule has 1 aliphatic rings. The maximum Gasteiger partial charge on any atom is 0.240 e. The van der Waals surface area contributed by atoms with Gasteiger partial charge in [-0.2, -0.15) is 5.10 Å². The van der Waals surface area contributed by atoms with Crippen LogP contribution in [0.5, 0.6) is 0 Å². The predicted molar refractivity (Wildman–Crippen MR) is 130 cm³/mol. The largest absolute Gasteiger partial charge is 0.353 e. The highest BCUT2D eigenvalue weighted by Crippen LogP contribution is 2.38. The normalized spacial score (nSPS) is 15.9. The van der Waals surface area contributed by atoms with E-state index in [1.807, 2.05) is 47.8 Å². The van der Waals surface area contributed by atoms with E-state index in [4.69, 9.17) is 4.98 Å². The highest BCUT2D eigenvalue weighted by Gasteiger charge is 2.33. The Labute approximate surface area is 197 Å². The fourth-order valence-electron chi connectivity index (χ4n) is 4.51. The van der Waals surface area contributed by atoms with Gasteiger partial charge >= 0.3 is 0 Å². The van der Waals surface area contributed by atoms with E-state index in [1.165, 1.54) is 18.0 Å². The van der Waals surface area contributed by atoms with Gasteiger partial charge in [0.05, 0.1) is 27.5 Å². The lowest BCUT2D eigenvalue weighted by Gasteiger charge is -2.20. The Balaban J connectivity index is 1.57. The van der Waals surface area contributed by atoms with Crippen molar-refractivity contribution in [3.63, 3.8) is 0 Å². The lowest BCUT2D eigenvalue weighted by Crippen LogP contribution is -2.25. The minimum Gasteiger partial charge on any atom is -0.353 e. The molecular formula is C26H18F2N4OS. The van der Waals surface area contributed by atoms with Crippen LogP contribution in [-0.2, 0) is 4.79 Å². The van der Waals surface area contributed by atoms with Crippen molar-refractivity contribution in [3.8, 4) is 11.3 Å². The van der Waals surface area contributed by atoms with Crippen molar-refractivity contribution in [1.29, 1.82) is 0 Å². The zero-order chi connectivity index (χ0) is 23.4. The van der Waals surface area contributed by atoms with Crippen molar-refractivity contribution in [1.82, 2.24) is 15.0 Å². The smallest absolute Gasteiger partial charge is 0.240 e. The molecule has 2 aromatic carbocycles. The molecule has 8 heteroatoms. The highest BCUT2D eigenvalue weighted by molar-refractivity contribution is 7.12. The number of H-pyrrole nitrogens is 1. The van der Waals surface area contributed by atoms with E-state index in [0.717, 1.165) is 44.5 Å². The van der Waals surface area contributed by atoms with Gasteiger partial charge in [-0.3, -0.25) is 4.79 Å². The number of fused-ring (bicyclic) bond motifs is 3. The van der Waals surface area contributed by atoms with Gasteiger partial charge in [0.15, 0.2) is 11.6 Å². The molecule has 0 aliphatic carbocycles. The molecule has 5 nitrogen and oxygen atoms in total. The first-order valence-electron chi connectivity index (χ1n) is 10.8. The summed E-state index contributed by atoms with van der Waals surface area (Å²) in [4.78, 5) is 21.8. The molecule has 1 N–H and O–H groups in total. The number of carbonyl (C=O) groups excluding carboxylic acids is 1. The highest BCUT2D eigenvalue weighted by atomic mass is 32.1. The Hall–Kier alpha value is -3.91. The van der Waals surface area contributed by atoms with E-state index < -0.39 is 17.7 Å². The number of aromatic nitrogens is 2. The summed E-state index contributed by atoms with van der Waals surface area (Å²) >= 11 is 1.57. The molecule has 0 saturated carbocycles. The van der Waals surface area contributed by atoms with E-state index in [2.05, 4.69) is 10.1 Å². The fourth-order valence-corrected chi connectivity index (χ4v) is 5.23. The minimum absolute atomic E-state index is 0.188. The van der Waals surface area contributed by atoms with Crippen LogP contribution in [0.25, 0.3) is 33.1 Å². The molecule has 4 heterocycles. The number of hydrazone groups is 1. The number of para-hydroxylation sites is 1. The van der Waals surface area contributed by atoms with Crippen LogP contribution < -0.4 is 0 Å². The molecule has 6 rings (SSSR count). The van der Waals surface area contributed by atoms with Gasteiger partial charge in [0, 0.05) is 35.2 Å². The molecule has 1 unspecified atom stereocenters. The molecule has 1 aliphatic heterocycles. The number of hydrogen-bond acceptors (Lipinski definition) is 4. The monoisotopic (exact) mass is 472 g/mol. The van der Waals surface area contributed by atoms with Gasteiger partial charge in [-0.25, -0.2) is 18.8 Å². The van der Waals surface area contributed by atoms with Crippen molar-refractivity contribution in [3.05, 3.63) is 88.2 Å². The number of amides is 1. The minimum atomic E-state index is -0.941. The van der Waals surface area contributed by atoms with Gasteiger partial charge in [-0.15, -0.1) is 11.3 Å². The summed E-state index contributed by atoms with van der Waals surface area (Å²) in [6.07, 6.45) is 0.512. The Morgan fingerprint density at radius 1 is 1.06 bits per heavy atom. The van der Waals surface area contributed by atoms with Gasteiger partial charge in [0.2, 0.25) is 5.91 Å². The number of thiophene rings is 1. The molecule has 0 saturated heterocycles. The molecule has 168 valence electrons. The molecular weight excluding hydrogens is 454 g/mol. The first kappa shape index (κ1) is 20.7. The number of hydrogen-bond donors (Lipinski definition) is 1. The molecule has 0 radical (unpaired) electrons. The number of nitrogens with zero attached hydrogens (tertiary/aromatic N) is 3. The van der Waals surface area contributed by atoms with E-state index in [-0.39, 0.29) is 5.91 Å². The number of benzene rings is 2.